The molecule has 0 bridgehead atoms. The summed E-state index contributed by atoms with van der Waals surface area (Å²) in [6.45, 7) is 4.41. The first-order valence-electron chi connectivity index (χ1n) is 6.69. The number of aromatic nitrogens is 4. The molecular weight excluding hydrogens is 274 g/mol. The highest BCUT2D eigenvalue weighted by atomic mass is 35.5. The summed E-state index contributed by atoms with van der Waals surface area (Å²) < 4.78 is 0. The molecule has 1 aliphatic carbocycles. The van der Waals surface area contributed by atoms with E-state index in [9.17, 15) is 0 Å². The lowest BCUT2D eigenvalue weighted by Gasteiger charge is -2.11. The summed E-state index contributed by atoms with van der Waals surface area (Å²) >= 11 is 6.17. The van der Waals surface area contributed by atoms with Crippen molar-refractivity contribution in [3.63, 3.8) is 0 Å². The monoisotopic (exact) mass is 289 g/mol. The zero-order valence-electron chi connectivity index (χ0n) is 11.5. The van der Waals surface area contributed by atoms with Gasteiger partial charge in [0.15, 0.2) is 0 Å². The maximum Gasteiger partial charge on any atom is 0.137 e. The molecule has 2 heterocycles. The van der Waals surface area contributed by atoms with Gasteiger partial charge in [0.1, 0.15) is 16.8 Å². The molecule has 0 spiro atoms. The van der Waals surface area contributed by atoms with Crippen molar-refractivity contribution in [1.29, 1.82) is 0 Å². The van der Waals surface area contributed by atoms with Gasteiger partial charge in [0.2, 0.25) is 0 Å². The van der Waals surface area contributed by atoms with Crippen molar-refractivity contribution in [1.82, 2.24) is 19.9 Å². The Bertz CT molecular complexity index is 622. The van der Waals surface area contributed by atoms with E-state index >= 15 is 0 Å². The summed E-state index contributed by atoms with van der Waals surface area (Å²) in [6, 6.07) is 0. The SMILES string of the molecule is Cc1cnc(CNc2nc(C3CC3)nc(Cl)c2C)cn1. The molecule has 0 aliphatic heterocycles. The summed E-state index contributed by atoms with van der Waals surface area (Å²) in [6.07, 6.45) is 5.83. The second-order valence-corrected chi connectivity index (χ2v) is 5.48. The third-order valence-electron chi connectivity index (χ3n) is 3.32. The Kier molecular flexibility index (Phi) is 3.53. The van der Waals surface area contributed by atoms with E-state index in [0.29, 0.717) is 17.6 Å². The molecule has 20 heavy (non-hydrogen) atoms. The third-order valence-corrected chi connectivity index (χ3v) is 3.69. The Hall–Kier alpha value is -1.75. The standard InChI is InChI=1S/C14H16ClN5/c1-8-5-17-11(6-16-8)7-18-13-9(2)12(15)19-14(20-13)10-3-4-10/h5-6,10H,3-4,7H2,1-2H3,(H,18,19,20). The van der Waals surface area contributed by atoms with E-state index in [2.05, 4.69) is 25.3 Å². The van der Waals surface area contributed by atoms with Gasteiger partial charge in [-0.25, -0.2) is 9.97 Å². The molecular formula is C14H16ClN5. The Morgan fingerprint density at radius 2 is 2.00 bits per heavy atom. The molecule has 5 nitrogen and oxygen atoms in total. The van der Waals surface area contributed by atoms with Gasteiger partial charge in [-0.3, -0.25) is 9.97 Å². The predicted octanol–water partition coefficient (Wildman–Crippen LogP) is 3.03. The molecule has 0 saturated heterocycles. The average Bonchev–Trinajstić information content (AvgIpc) is 3.26. The Morgan fingerprint density at radius 3 is 2.65 bits per heavy atom. The van der Waals surface area contributed by atoms with Gasteiger partial charge in [0, 0.05) is 17.7 Å². The van der Waals surface area contributed by atoms with Gasteiger partial charge >= 0.3 is 0 Å². The van der Waals surface area contributed by atoms with Crippen LogP contribution >= 0.6 is 11.6 Å². The lowest BCUT2D eigenvalue weighted by Crippen LogP contribution is -2.08. The van der Waals surface area contributed by atoms with Crippen LogP contribution in [0.3, 0.4) is 0 Å². The number of halogens is 1. The lowest BCUT2D eigenvalue weighted by molar-refractivity contribution is 0.903. The second kappa shape index (κ2) is 5.32. The molecule has 1 N–H and O–H groups in total. The minimum atomic E-state index is 0.479. The topological polar surface area (TPSA) is 63.6 Å². The molecule has 2 aromatic heterocycles. The summed E-state index contributed by atoms with van der Waals surface area (Å²) in [5.74, 6) is 2.11. The number of rotatable bonds is 4. The maximum atomic E-state index is 6.17. The average molecular weight is 290 g/mol. The van der Waals surface area contributed by atoms with Crippen LogP contribution < -0.4 is 5.32 Å². The molecule has 2 aromatic rings. The molecule has 104 valence electrons. The highest BCUT2D eigenvalue weighted by Crippen LogP contribution is 2.39. The second-order valence-electron chi connectivity index (χ2n) is 5.12. The third kappa shape index (κ3) is 2.88. The summed E-state index contributed by atoms with van der Waals surface area (Å²) in [4.78, 5) is 17.5. The van der Waals surface area contributed by atoms with Crippen molar-refractivity contribution in [2.24, 2.45) is 0 Å². The van der Waals surface area contributed by atoms with Gasteiger partial charge in [0.05, 0.1) is 24.1 Å². The van der Waals surface area contributed by atoms with Crippen molar-refractivity contribution >= 4 is 17.4 Å². The lowest BCUT2D eigenvalue weighted by atomic mass is 10.3. The van der Waals surface area contributed by atoms with Crippen molar-refractivity contribution < 1.29 is 0 Å². The molecule has 0 radical (unpaired) electrons. The van der Waals surface area contributed by atoms with Crippen LogP contribution in [-0.4, -0.2) is 19.9 Å². The van der Waals surface area contributed by atoms with Gasteiger partial charge in [0.25, 0.3) is 0 Å². The molecule has 0 aromatic carbocycles. The van der Waals surface area contributed by atoms with Crippen LogP contribution in [0.5, 0.6) is 0 Å². The summed E-state index contributed by atoms with van der Waals surface area (Å²) in [5.41, 5.74) is 2.65. The largest absolute Gasteiger partial charge is 0.364 e. The van der Waals surface area contributed by atoms with Gasteiger partial charge in [-0.15, -0.1) is 0 Å². The van der Waals surface area contributed by atoms with Gasteiger partial charge in [-0.2, -0.15) is 0 Å². The van der Waals surface area contributed by atoms with Gasteiger partial charge in [-0.1, -0.05) is 11.6 Å². The Balaban J connectivity index is 1.77. The fraction of sp³-hybridized carbons (Fsp3) is 0.429. The van der Waals surface area contributed by atoms with Gasteiger partial charge in [-0.05, 0) is 26.7 Å². The van der Waals surface area contributed by atoms with E-state index in [1.165, 1.54) is 0 Å². The minimum absolute atomic E-state index is 0.479. The highest BCUT2D eigenvalue weighted by Gasteiger charge is 2.27. The first-order chi connectivity index (χ1) is 9.63. The normalized spacial score (nSPS) is 14.3. The number of hydrogen-bond acceptors (Lipinski definition) is 5. The number of aryl methyl sites for hydroxylation is 1. The summed E-state index contributed by atoms with van der Waals surface area (Å²) in [7, 11) is 0. The van der Waals surface area contributed by atoms with Crippen LogP contribution in [-0.2, 0) is 6.54 Å². The first-order valence-corrected chi connectivity index (χ1v) is 7.06. The molecule has 0 atom stereocenters. The van der Waals surface area contributed by atoms with Crippen LogP contribution in [0.15, 0.2) is 12.4 Å². The maximum absolute atomic E-state index is 6.17. The van der Waals surface area contributed by atoms with Crippen LogP contribution in [0, 0.1) is 13.8 Å². The van der Waals surface area contributed by atoms with Gasteiger partial charge < -0.3 is 5.32 Å². The molecule has 0 unspecified atom stereocenters. The van der Waals surface area contributed by atoms with Crippen LogP contribution in [0.4, 0.5) is 5.82 Å². The van der Waals surface area contributed by atoms with Crippen LogP contribution in [0.25, 0.3) is 0 Å². The van der Waals surface area contributed by atoms with E-state index in [0.717, 1.165) is 41.4 Å². The Morgan fingerprint density at radius 1 is 1.20 bits per heavy atom. The van der Waals surface area contributed by atoms with Crippen molar-refractivity contribution in [3.8, 4) is 0 Å². The van der Waals surface area contributed by atoms with E-state index in [1.54, 1.807) is 12.4 Å². The highest BCUT2D eigenvalue weighted by molar-refractivity contribution is 6.30. The summed E-state index contributed by atoms with van der Waals surface area (Å²) in [5, 5.41) is 3.80. The van der Waals surface area contributed by atoms with E-state index < -0.39 is 0 Å². The molecule has 1 fully saturated rings. The molecule has 3 rings (SSSR count). The van der Waals surface area contributed by atoms with Crippen LogP contribution in [0.1, 0.15) is 41.5 Å². The van der Waals surface area contributed by atoms with E-state index in [-0.39, 0.29) is 0 Å². The number of nitrogens with zero attached hydrogens (tertiary/aromatic N) is 4. The fourth-order valence-corrected chi connectivity index (χ4v) is 2.06. The number of hydrogen-bond donors (Lipinski definition) is 1. The minimum Gasteiger partial charge on any atom is -0.364 e. The zero-order valence-corrected chi connectivity index (χ0v) is 12.3. The smallest absolute Gasteiger partial charge is 0.137 e. The number of nitrogens with one attached hydrogen (secondary N) is 1. The van der Waals surface area contributed by atoms with Crippen molar-refractivity contribution in [3.05, 3.63) is 40.3 Å². The molecule has 1 aliphatic rings. The number of anilines is 1. The van der Waals surface area contributed by atoms with E-state index in [4.69, 9.17) is 11.6 Å². The van der Waals surface area contributed by atoms with Crippen molar-refractivity contribution in [2.75, 3.05) is 5.32 Å². The molecule has 6 heteroatoms. The van der Waals surface area contributed by atoms with Crippen molar-refractivity contribution in [2.45, 2.75) is 39.2 Å². The van der Waals surface area contributed by atoms with Crippen LogP contribution in [0.2, 0.25) is 5.15 Å². The fourth-order valence-electron chi connectivity index (χ4n) is 1.89. The molecule has 1 saturated carbocycles. The quantitative estimate of drug-likeness (QED) is 0.877. The Labute approximate surface area is 122 Å². The zero-order chi connectivity index (χ0) is 14.1. The first kappa shape index (κ1) is 13.2. The predicted molar refractivity (Wildman–Crippen MR) is 77.8 cm³/mol. The van der Waals surface area contributed by atoms with E-state index in [1.807, 2.05) is 13.8 Å². The molecule has 0 amide bonds.